The number of carbonyl (C=O) groups excluding carboxylic acids is 1. The summed E-state index contributed by atoms with van der Waals surface area (Å²) in [6.45, 7) is 4.23. The molecule has 0 aliphatic heterocycles. The van der Waals surface area contributed by atoms with E-state index in [2.05, 4.69) is 46.4 Å². The summed E-state index contributed by atoms with van der Waals surface area (Å²) in [5.41, 5.74) is 0.549. The van der Waals surface area contributed by atoms with Crippen LogP contribution in [-0.4, -0.2) is 45.5 Å². The van der Waals surface area contributed by atoms with Crippen LogP contribution in [0.2, 0.25) is 0 Å². The van der Waals surface area contributed by atoms with Crippen molar-refractivity contribution in [3.05, 3.63) is 75.8 Å². The standard InChI is InChI=1S/C33H38BrFN2O5S/c1-31-15-19(17-36)25(37-22-6-3-5-21(34)14-22)13-20(31)8-9-23-24-10-11-33(30(40)43-18-35,32(24,2)16-26(38)28(23)31)42-29(39)27-7-4-12-41-27/h3-7,12-14,17,23-24,26,28,30,36-38,40H,8-11,15-16,18H2,1-2H3/p+1. The summed E-state index contributed by atoms with van der Waals surface area (Å²) in [5.74, 6) is -0.548. The van der Waals surface area contributed by atoms with Gasteiger partial charge >= 0.3 is 5.97 Å². The van der Waals surface area contributed by atoms with Crippen LogP contribution in [0, 0.1) is 34.0 Å². The smallest absolute Gasteiger partial charge is 0.374 e. The first-order valence-electron chi connectivity index (χ1n) is 14.9. The second-order valence-corrected chi connectivity index (χ2v) is 14.9. The number of thioether (sulfide) groups is 1. The number of benzene rings is 1. The average Bonchev–Trinajstić information content (AvgIpc) is 3.60. The number of alkyl halides is 1. The van der Waals surface area contributed by atoms with E-state index in [0.29, 0.717) is 25.7 Å². The number of rotatable bonds is 8. The van der Waals surface area contributed by atoms with Gasteiger partial charge in [-0.2, -0.15) is 0 Å². The first-order chi connectivity index (χ1) is 20.6. The molecule has 5 N–H and O–H groups in total. The van der Waals surface area contributed by atoms with Crippen molar-refractivity contribution in [2.24, 2.45) is 28.6 Å². The molecule has 1 aromatic heterocycles. The Labute approximate surface area is 264 Å². The molecule has 10 heteroatoms. The molecule has 0 radical (unpaired) electrons. The van der Waals surface area contributed by atoms with E-state index < -0.39 is 34.5 Å². The lowest BCUT2D eigenvalue weighted by molar-refractivity contribution is -0.513. The third-order valence-corrected chi connectivity index (χ3v) is 12.4. The monoisotopic (exact) mass is 673 g/mol. The van der Waals surface area contributed by atoms with E-state index in [1.165, 1.54) is 24.1 Å². The Bertz CT molecular complexity index is 1460. The van der Waals surface area contributed by atoms with Crippen LogP contribution in [0.25, 0.3) is 0 Å². The van der Waals surface area contributed by atoms with Crippen LogP contribution >= 0.6 is 27.7 Å². The number of esters is 1. The Balaban J connectivity index is 1.32. The molecule has 43 heavy (non-hydrogen) atoms. The van der Waals surface area contributed by atoms with Crippen LogP contribution < -0.4 is 5.32 Å². The summed E-state index contributed by atoms with van der Waals surface area (Å²) in [5, 5.41) is 33.9. The Morgan fingerprint density at radius 3 is 2.84 bits per heavy atom. The molecule has 7 nitrogen and oxygen atoms in total. The number of hydrogen-bond donors (Lipinski definition) is 4. The van der Waals surface area contributed by atoms with Gasteiger partial charge in [-0.3, -0.25) is 5.32 Å². The summed E-state index contributed by atoms with van der Waals surface area (Å²) in [6, 6.07) is 10.4. The van der Waals surface area contributed by atoms with Gasteiger partial charge in [0.1, 0.15) is 22.8 Å². The van der Waals surface area contributed by atoms with Gasteiger partial charge in [-0.15, -0.1) is 0 Å². The highest BCUT2D eigenvalue weighted by Gasteiger charge is 2.70. The fourth-order valence-corrected chi connectivity index (χ4v) is 10.5. The van der Waals surface area contributed by atoms with Crippen LogP contribution in [0.5, 0.6) is 0 Å². The Kier molecular flexibility index (Phi) is 8.30. The minimum absolute atomic E-state index is 0.0294. The van der Waals surface area contributed by atoms with Gasteiger partial charge in [-0.25, -0.2) is 9.18 Å². The molecule has 8 atom stereocenters. The number of nitrogens with two attached hydrogens (primary N) is 1. The predicted molar refractivity (Wildman–Crippen MR) is 166 cm³/mol. The summed E-state index contributed by atoms with van der Waals surface area (Å²) in [6.07, 6.45) is 8.11. The van der Waals surface area contributed by atoms with E-state index in [1.807, 2.05) is 19.1 Å². The molecule has 1 heterocycles. The van der Waals surface area contributed by atoms with Crippen LogP contribution in [0.4, 0.5) is 10.1 Å². The third kappa shape index (κ3) is 4.97. The molecule has 3 saturated carbocycles. The number of halogens is 2. The third-order valence-electron chi connectivity index (χ3n) is 11.1. The molecule has 4 aliphatic carbocycles. The van der Waals surface area contributed by atoms with Gasteiger partial charge in [0.25, 0.3) is 0 Å². The first-order valence-corrected chi connectivity index (χ1v) is 16.8. The number of allylic oxidation sites excluding steroid dienone is 3. The number of aliphatic hydroxyl groups is 2. The molecule has 8 unspecified atom stereocenters. The summed E-state index contributed by atoms with van der Waals surface area (Å²) in [4.78, 5) is 13.2. The van der Waals surface area contributed by atoms with Gasteiger partial charge in [0.05, 0.1) is 12.4 Å². The Morgan fingerprint density at radius 1 is 1.33 bits per heavy atom. The topological polar surface area (TPSA) is 120 Å². The van der Waals surface area contributed by atoms with E-state index in [9.17, 15) is 19.4 Å². The molecule has 3 fully saturated rings. The summed E-state index contributed by atoms with van der Waals surface area (Å²) in [7, 11) is 0. The normalized spacial score (nSPS) is 35.8. The average molecular weight is 675 g/mol. The number of carbonyl (C=O) groups is 1. The minimum Gasteiger partial charge on any atom is -0.457 e. The molecular weight excluding hydrogens is 635 g/mol. The van der Waals surface area contributed by atoms with Crippen molar-refractivity contribution in [3.63, 3.8) is 0 Å². The van der Waals surface area contributed by atoms with Crippen molar-refractivity contribution in [3.8, 4) is 0 Å². The molecular formula is C33H39BrFN2O5S+. The lowest BCUT2D eigenvalue weighted by Gasteiger charge is -2.61. The van der Waals surface area contributed by atoms with Crippen molar-refractivity contribution in [2.75, 3.05) is 6.01 Å². The van der Waals surface area contributed by atoms with Crippen molar-refractivity contribution in [1.29, 1.82) is 5.41 Å². The molecule has 0 spiro atoms. The van der Waals surface area contributed by atoms with E-state index in [0.717, 1.165) is 46.0 Å². The van der Waals surface area contributed by atoms with Crippen LogP contribution in [0.3, 0.4) is 0 Å². The number of furan rings is 1. The highest BCUT2D eigenvalue weighted by atomic mass is 79.9. The maximum absolute atomic E-state index is 13.6. The maximum Gasteiger partial charge on any atom is 0.374 e. The molecule has 0 saturated heterocycles. The molecule has 230 valence electrons. The van der Waals surface area contributed by atoms with E-state index >= 15 is 0 Å². The molecule has 4 aliphatic rings. The second kappa shape index (κ2) is 11.6. The highest BCUT2D eigenvalue weighted by Crippen LogP contribution is 2.69. The zero-order valence-corrected chi connectivity index (χ0v) is 26.8. The SMILES string of the molecule is CC12CC(C=N)=C([NH2+]c3cccc(Br)c3)C=C1CCC1C2C(O)CC2(C)C1CCC2(OC(=O)c1ccco1)C(O)SCF. The highest BCUT2D eigenvalue weighted by molar-refractivity contribution is 9.10. The van der Waals surface area contributed by atoms with Gasteiger partial charge in [0.2, 0.25) is 5.76 Å². The van der Waals surface area contributed by atoms with Gasteiger partial charge < -0.3 is 24.8 Å². The zero-order valence-electron chi connectivity index (χ0n) is 24.4. The molecule has 0 bridgehead atoms. The minimum atomic E-state index is -1.38. The van der Waals surface area contributed by atoms with Gasteiger partial charge in [0.15, 0.2) is 5.60 Å². The molecule has 1 aromatic carbocycles. The molecule has 0 amide bonds. The van der Waals surface area contributed by atoms with Gasteiger partial charge in [-0.05, 0) is 92.0 Å². The fourth-order valence-electron chi connectivity index (χ4n) is 9.21. The number of fused-ring (bicyclic) bond motifs is 5. The second-order valence-electron chi connectivity index (χ2n) is 13.0. The Morgan fingerprint density at radius 2 is 2.14 bits per heavy atom. The van der Waals surface area contributed by atoms with Crippen LogP contribution in [0.1, 0.15) is 62.9 Å². The van der Waals surface area contributed by atoms with Crippen molar-refractivity contribution < 1.29 is 33.9 Å². The number of nitrogens with one attached hydrogen (secondary N) is 1. The Hall–Kier alpha value is -2.24. The van der Waals surface area contributed by atoms with Crippen molar-refractivity contribution in [1.82, 2.24) is 0 Å². The number of quaternary nitrogens is 1. The largest absolute Gasteiger partial charge is 0.457 e. The number of aliphatic hydroxyl groups excluding tert-OH is 2. The lowest BCUT2D eigenvalue weighted by Crippen LogP contribution is -2.76. The van der Waals surface area contributed by atoms with Gasteiger partial charge in [0, 0.05) is 27.7 Å². The van der Waals surface area contributed by atoms with E-state index in [4.69, 9.17) is 14.6 Å². The first kappa shape index (κ1) is 30.8. The summed E-state index contributed by atoms with van der Waals surface area (Å²) < 4.78 is 26.1. The number of ether oxygens (including phenoxy) is 1. The van der Waals surface area contributed by atoms with Crippen LogP contribution in [0.15, 0.2) is 74.5 Å². The van der Waals surface area contributed by atoms with E-state index in [-0.39, 0.29) is 28.9 Å². The maximum atomic E-state index is 13.6. The fraction of sp³-hybridized carbons (Fsp3) is 0.515. The number of hydrogen-bond acceptors (Lipinski definition) is 7. The van der Waals surface area contributed by atoms with E-state index in [1.54, 1.807) is 6.07 Å². The van der Waals surface area contributed by atoms with Crippen molar-refractivity contribution in [2.45, 2.75) is 69.5 Å². The zero-order chi connectivity index (χ0) is 30.6. The predicted octanol–water partition coefficient (Wildman–Crippen LogP) is 6.26. The van der Waals surface area contributed by atoms with Crippen molar-refractivity contribution >= 4 is 45.6 Å². The quantitative estimate of drug-likeness (QED) is 0.114. The van der Waals surface area contributed by atoms with Crippen LogP contribution in [-0.2, 0) is 4.74 Å². The van der Waals surface area contributed by atoms with Gasteiger partial charge in [-0.1, -0.05) is 53.2 Å². The molecule has 6 rings (SSSR count). The molecule has 2 aromatic rings. The summed E-state index contributed by atoms with van der Waals surface area (Å²) >= 11 is 4.28. The lowest BCUT2D eigenvalue weighted by atomic mass is 9.45.